The van der Waals surface area contributed by atoms with Crippen molar-refractivity contribution in [1.29, 1.82) is 0 Å². The average molecular weight is 454 g/mol. The van der Waals surface area contributed by atoms with Crippen molar-refractivity contribution >= 4 is 22.8 Å². The Morgan fingerprint density at radius 2 is 1.03 bits per heavy atom. The van der Waals surface area contributed by atoms with Gasteiger partial charge in [-0.2, -0.15) is 0 Å². The number of ketones is 1. The Bertz CT molecular complexity index is 1470. The van der Waals surface area contributed by atoms with Gasteiger partial charge in [0.05, 0.1) is 0 Å². The Kier molecular flexibility index (Phi) is 5.25. The maximum atomic E-state index is 13.2. The minimum Gasteiger partial charge on any atom is -0.384 e. The highest BCUT2D eigenvalue weighted by Gasteiger charge is 2.29. The predicted molar refractivity (Wildman–Crippen MR) is 140 cm³/mol. The number of fused-ring (bicyclic) bond motifs is 2. The van der Waals surface area contributed by atoms with Crippen LogP contribution in [0.3, 0.4) is 0 Å². The third-order valence-electron chi connectivity index (χ3n) is 6.58. The first-order valence-electron chi connectivity index (χ1n) is 11.7. The first-order valence-corrected chi connectivity index (χ1v) is 11.7. The third-order valence-corrected chi connectivity index (χ3v) is 6.58. The van der Waals surface area contributed by atoms with Crippen LogP contribution < -0.4 is 4.90 Å². The van der Waals surface area contributed by atoms with Gasteiger partial charge >= 0.3 is 0 Å². The summed E-state index contributed by atoms with van der Waals surface area (Å²) >= 11 is 0. The minimum atomic E-state index is -0.791. The Labute approximate surface area is 204 Å². The highest BCUT2D eigenvalue weighted by atomic mass is 16.3. The normalized spacial score (nSPS) is 14.2. The van der Waals surface area contributed by atoms with Crippen LogP contribution in [0.2, 0.25) is 0 Å². The van der Waals surface area contributed by atoms with Gasteiger partial charge in [-0.1, -0.05) is 84.9 Å². The molecule has 0 fully saturated rings. The smallest absolute Gasteiger partial charge is 0.193 e. The Hall–Kier alpha value is -4.47. The van der Waals surface area contributed by atoms with Crippen LogP contribution in [0.25, 0.3) is 11.1 Å². The monoisotopic (exact) mass is 453 g/mol. The molecule has 1 unspecified atom stereocenters. The van der Waals surface area contributed by atoms with Gasteiger partial charge in [-0.05, 0) is 64.7 Å². The second kappa shape index (κ2) is 8.71. The number of carbonyl (C=O) groups is 1. The van der Waals surface area contributed by atoms with Gasteiger partial charge in [-0.15, -0.1) is 0 Å². The van der Waals surface area contributed by atoms with Crippen LogP contribution in [-0.2, 0) is 0 Å². The average Bonchev–Trinajstić information content (AvgIpc) is 2.93. The Morgan fingerprint density at radius 3 is 1.69 bits per heavy atom. The van der Waals surface area contributed by atoms with Gasteiger partial charge in [0, 0.05) is 28.2 Å². The molecule has 0 aromatic heterocycles. The van der Waals surface area contributed by atoms with Crippen LogP contribution in [0.4, 0.5) is 17.1 Å². The molecular formula is C32H23NO2. The number of nitrogens with zero attached hydrogens (tertiary/aromatic N) is 1. The minimum absolute atomic E-state index is 0.0429. The lowest BCUT2D eigenvalue weighted by molar-refractivity contribution is 0.101. The number of aliphatic hydroxyl groups excluding tert-OH is 1. The fraction of sp³-hybridized carbons (Fsp3) is 0.0312. The van der Waals surface area contributed by atoms with Crippen molar-refractivity contribution in [3.8, 4) is 11.1 Å². The van der Waals surface area contributed by atoms with Crippen molar-refractivity contribution in [1.82, 2.24) is 0 Å². The fourth-order valence-corrected chi connectivity index (χ4v) is 4.83. The largest absolute Gasteiger partial charge is 0.384 e. The van der Waals surface area contributed by atoms with Crippen LogP contribution in [0.5, 0.6) is 0 Å². The SMILES string of the molecule is O=C1c2ccccc2C(O)c2ccc(-c3ccc(N(c4ccccc4)c4ccccc4)cc3)cc21. The van der Waals surface area contributed by atoms with Crippen molar-refractivity contribution in [3.05, 3.63) is 150 Å². The lowest BCUT2D eigenvalue weighted by atomic mass is 9.82. The van der Waals surface area contributed by atoms with E-state index in [-0.39, 0.29) is 5.78 Å². The molecule has 0 amide bonds. The van der Waals surface area contributed by atoms with Crippen LogP contribution in [0, 0.1) is 0 Å². The lowest BCUT2D eigenvalue weighted by Gasteiger charge is -2.26. The summed E-state index contributed by atoms with van der Waals surface area (Å²) in [6, 6.07) is 42.0. The van der Waals surface area contributed by atoms with Gasteiger partial charge < -0.3 is 10.0 Å². The molecule has 1 aliphatic rings. The first-order chi connectivity index (χ1) is 17.2. The number of carbonyl (C=O) groups excluding carboxylic acids is 1. The molecule has 0 spiro atoms. The number of rotatable bonds is 4. The summed E-state index contributed by atoms with van der Waals surface area (Å²) < 4.78 is 0. The topological polar surface area (TPSA) is 40.5 Å². The highest BCUT2D eigenvalue weighted by Crippen LogP contribution is 2.38. The maximum Gasteiger partial charge on any atom is 0.193 e. The molecule has 1 atom stereocenters. The van der Waals surface area contributed by atoms with Crippen molar-refractivity contribution in [3.63, 3.8) is 0 Å². The van der Waals surface area contributed by atoms with E-state index < -0.39 is 6.10 Å². The second-order valence-electron chi connectivity index (χ2n) is 8.67. The van der Waals surface area contributed by atoms with E-state index in [4.69, 9.17) is 0 Å². The van der Waals surface area contributed by atoms with Crippen LogP contribution in [0.1, 0.15) is 33.2 Å². The van der Waals surface area contributed by atoms with Crippen LogP contribution in [0.15, 0.2) is 127 Å². The summed E-state index contributed by atoms with van der Waals surface area (Å²) in [5, 5.41) is 10.8. The fourth-order valence-electron chi connectivity index (χ4n) is 4.83. The summed E-state index contributed by atoms with van der Waals surface area (Å²) in [5.74, 6) is -0.0429. The zero-order chi connectivity index (χ0) is 23.8. The second-order valence-corrected chi connectivity index (χ2v) is 8.67. The summed E-state index contributed by atoms with van der Waals surface area (Å²) in [7, 11) is 0. The molecule has 0 heterocycles. The van der Waals surface area contributed by atoms with Gasteiger partial charge in [-0.3, -0.25) is 4.79 Å². The summed E-state index contributed by atoms with van der Waals surface area (Å²) in [6.07, 6.45) is -0.791. The summed E-state index contributed by atoms with van der Waals surface area (Å²) in [5.41, 5.74) is 7.63. The van der Waals surface area contributed by atoms with Crippen molar-refractivity contribution in [2.45, 2.75) is 6.10 Å². The van der Waals surface area contributed by atoms with E-state index in [0.717, 1.165) is 28.2 Å². The number of hydrogen-bond acceptors (Lipinski definition) is 3. The molecule has 5 aromatic carbocycles. The number of hydrogen-bond donors (Lipinski definition) is 1. The standard InChI is InChI=1S/C32H23NO2/c34-31-27-13-7-8-14-28(27)32(35)30-21-23(17-20-29(30)31)22-15-18-26(19-16-22)33(24-9-3-1-4-10-24)25-11-5-2-6-12-25/h1-21,31,34H. The van der Waals surface area contributed by atoms with E-state index in [2.05, 4.69) is 53.4 Å². The molecule has 1 aliphatic carbocycles. The first kappa shape index (κ1) is 21.1. The Morgan fingerprint density at radius 1 is 0.514 bits per heavy atom. The molecule has 168 valence electrons. The van der Waals surface area contributed by atoms with E-state index in [0.29, 0.717) is 22.3 Å². The molecule has 0 saturated carbocycles. The van der Waals surface area contributed by atoms with Crippen molar-refractivity contribution < 1.29 is 9.90 Å². The molecule has 0 radical (unpaired) electrons. The number of anilines is 3. The van der Waals surface area contributed by atoms with E-state index in [1.54, 1.807) is 6.07 Å². The molecule has 0 bridgehead atoms. The number of benzene rings is 5. The third kappa shape index (κ3) is 3.72. The van der Waals surface area contributed by atoms with Crippen molar-refractivity contribution in [2.24, 2.45) is 0 Å². The van der Waals surface area contributed by atoms with E-state index in [1.165, 1.54) is 0 Å². The van der Waals surface area contributed by atoms with Gasteiger partial charge in [-0.25, -0.2) is 0 Å². The molecule has 1 N–H and O–H groups in total. The zero-order valence-electron chi connectivity index (χ0n) is 19.0. The molecule has 35 heavy (non-hydrogen) atoms. The molecule has 0 saturated heterocycles. The summed E-state index contributed by atoms with van der Waals surface area (Å²) in [6.45, 7) is 0. The van der Waals surface area contributed by atoms with Gasteiger partial charge in [0.1, 0.15) is 6.10 Å². The van der Waals surface area contributed by atoms with Crippen LogP contribution >= 0.6 is 0 Å². The van der Waals surface area contributed by atoms with E-state index in [9.17, 15) is 9.90 Å². The number of para-hydroxylation sites is 2. The number of aliphatic hydroxyl groups is 1. The molecule has 0 aliphatic heterocycles. The quantitative estimate of drug-likeness (QED) is 0.307. The van der Waals surface area contributed by atoms with Gasteiger partial charge in [0.2, 0.25) is 0 Å². The predicted octanol–water partition coefficient (Wildman–Crippen LogP) is 7.45. The molecule has 3 heteroatoms. The lowest BCUT2D eigenvalue weighted by Crippen LogP contribution is -2.19. The summed E-state index contributed by atoms with van der Waals surface area (Å²) in [4.78, 5) is 15.4. The van der Waals surface area contributed by atoms with Crippen molar-refractivity contribution in [2.75, 3.05) is 4.90 Å². The zero-order valence-corrected chi connectivity index (χ0v) is 19.0. The van der Waals surface area contributed by atoms with E-state index >= 15 is 0 Å². The molecule has 3 nitrogen and oxygen atoms in total. The van der Waals surface area contributed by atoms with Crippen LogP contribution in [-0.4, -0.2) is 10.9 Å². The van der Waals surface area contributed by atoms with Gasteiger partial charge in [0.15, 0.2) is 5.78 Å². The Balaban J connectivity index is 1.37. The maximum absolute atomic E-state index is 13.2. The van der Waals surface area contributed by atoms with Gasteiger partial charge in [0.25, 0.3) is 0 Å². The molecular weight excluding hydrogens is 430 g/mol. The molecule has 6 rings (SSSR count). The van der Waals surface area contributed by atoms with E-state index in [1.807, 2.05) is 72.8 Å². The molecule has 5 aromatic rings. The highest BCUT2D eigenvalue weighted by molar-refractivity contribution is 6.13.